The highest BCUT2D eigenvalue weighted by molar-refractivity contribution is 5.86. The summed E-state index contributed by atoms with van der Waals surface area (Å²) in [6.07, 6.45) is 2.02. The lowest BCUT2D eigenvalue weighted by Gasteiger charge is -2.19. The molecule has 0 saturated heterocycles. The summed E-state index contributed by atoms with van der Waals surface area (Å²) in [7, 11) is 1.51. The maximum atomic E-state index is 11.9. The van der Waals surface area contributed by atoms with E-state index >= 15 is 0 Å². The molecule has 2 amide bonds. The molecule has 1 N–H and O–H groups in total. The Morgan fingerprint density at radius 3 is 2.36 bits per heavy atom. The average Bonchev–Trinajstić information content (AvgIpc) is 3.43. The van der Waals surface area contributed by atoms with Gasteiger partial charge in [0.25, 0.3) is 5.91 Å². The summed E-state index contributed by atoms with van der Waals surface area (Å²) in [4.78, 5) is 36.6. The number of amides is 2. The fourth-order valence-electron chi connectivity index (χ4n) is 2.43. The predicted octanol–water partition coefficient (Wildman–Crippen LogP) is 2.03. The maximum Gasteiger partial charge on any atom is 0.309 e. The third kappa shape index (κ3) is 7.58. The van der Waals surface area contributed by atoms with Gasteiger partial charge in [0.1, 0.15) is 5.75 Å². The first-order valence-corrected chi connectivity index (χ1v) is 9.57. The van der Waals surface area contributed by atoms with E-state index in [0.29, 0.717) is 5.75 Å². The molecule has 154 valence electrons. The van der Waals surface area contributed by atoms with E-state index in [-0.39, 0.29) is 43.5 Å². The van der Waals surface area contributed by atoms with E-state index in [9.17, 15) is 14.4 Å². The van der Waals surface area contributed by atoms with E-state index in [1.54, 1.807) is 0 Å². The highest BCUT2D eigenvalue weighted by atomic mass is 16.5. The predicted molar refractivity (Wildman–Crippen MR) is 105 cm³/mol. The number of carbonyl (C=O) groups is 3. The largest absolute Gasteiger partial charge is 0.493 e. The van der Waals surface area contributed by atoms with Crippen molar-refractivity contribution in [3.63, 3.8) is 0 Å². The van der Waals surface area contributed by atoms with Gasteiger partial charge in [-0.15, -0.1) is 0 Å². The van der Waals surface area contributed by atoms with Crippen LogP contribution in [-0.4, -0.2) is 55.5 Å². The molecule has 0 atom stereocenters. The second kappa shape index (κ2) is 9.57. The number of nitrogens with zero attached hydrogens (tertiary/aromatic N) is 1. The van der Waals surface area contributed by atoms with Crippen molar-refractivity contribution in [2.45, 2.75) is 51.5 Å². The normalized spacial score (nSPS) is 13.6. The van der Waals surface area contributed by atoms with Gasteiger partial charge < -0.3 is 19.7 Å². The fourth-order valence-corrected chi connectivity index (χ4v) is 2.43. The topological polar surface area (TPSA) is 84.9 Å². The van der Waals surface area contributed by atoms with Gasteiger partial charge in [0.15, 0.2) is 6.61 Å². The summed E-state index contributed by atoms with van der Waals surface area (Å²) in [5, 5.41) is 2.80. The smallest absolute Gasteiger partial charge is 0.309 e. The SMILES string of the molecule is CN(CC(=O)NC1CC1)C(=O)COC(=O)CCOc1ccc(C(C)(C)C)cc1. The Kier molecular flexibility index (Phi) is 7.43. The lowest BCUT2D eigenvalue weighted by molar-refractivity contribution is -0.152. The molecule has 0 aliphatic heterocycles. The minimum absolute atomic E-state index is 0.0411. The minimum Gasteiger partial charge on any atom is -0.493 e. The van der Waals surface area contributed by atoms with Gasteiger partial charge in [-0.25, -0.2) is 0 Å². The molecular formula is C21H30N2O5. The van der Waals surface area contributed by atoms with Crippen LogP contribution in [0, 0.1) is 0 Å². The number of esters is 1. The van der Waals surface area contributed by atoms with Crippen LogP contribution in [0.1, 0.15) is 45.6 Å². The second-order valence-electron chi connectivity index (χ2n) is 8.13. The third-order valence-electron chi connectivity index (χ3n) is 4.40. The molecule has 7 nitrogen and oxygen atoms in total. The number of hydrogen-bond donors (Lipinski definition) is 1. The van der Waals surface area contributed by atoms with Crippen molar-refractivity contribution in [1.82, 2.24) is 10.2 Å². The monoisotopic (exact) mass is 390 g/mol. The molecule has 0 bridgehead atoms. The summed E-state index contributed by atoms with van der Waals surface area (Å²) < 4.78 is 10.5. The summed E-state index contributed by atoms with van der Waals surface area (Å²) in [5.74, 6) is -0.456. The zero-order valence-corrected chi connectivity index (χ0v) is 17.1. The molecule has 1 aromatic carbocycles. The Morgan fingerprint density at radius 1 is 1.14 bits per heavy atom. The number of ether oxygens (including phenoxy) is 2. The number of benzene rings is 1. The van der Waals surface area contributed by atoms with Crippen LogP contribution < -0.4 is 10.1 Å². The molecule has 7 heteroatoms. The zero-order valence-electron chi connectivity index (χ0n) is 17.1. The van der Waals surface area contributed by atoms with Crippen molar-refractivity contribution >= 4 is 17.8 Å². The number of rotatable bonds is 9. The van der Waals surface area contributed by atoms with Crippen molar-refractivity contribution in [1.29, 1.82) is 0 Å². The van der Waals surface area contributed by atoms with Crippen LogP contribution in [0.4, 0.5) is 0 Å². The van der Waals surface area contributed by atoms with Gasteiger partial charge >= 0.3 is 5.97 Å². The Bertz CT molecular complexity index is 690. The molecule has 28 heavy (non-hydrogen) atoms. The Balaban J connectivity index is 1.62. The molecule has 1 saturated carbocycles. The fraction of sp³-hybridized carbons (Fsp3) is 0.571. The van der Waals surface area contributed by atoms with E-state index in [1.165, 1.54) is 17.5 Å². The Hall–Kier alpha value is -2.57. The van der Waals surface area contributed by atoms with Crippen LogP contribution in [0.5, 0.6) is 5.75 Å². The Labute approximate surface area is 166 Å². The molecule has 0 spiro atoms. The molecule has 1 fully saturated rings. The van der Waals surface area contributed by atoms with E-state index in [4.69, 9.17) is 9.47 Å². The van der Waals surface area contributed by atoms with Gasteiger partial charge in [0.05, 0.1) is 19.6 Å². The van der Waals surface area contributed by atoms with Crippen molar-refractivity contribution in [3.05, 3.63) is 29.8 Å². The van der Waals surface area contributed by atoms with Gasteiger partial charge in [0.2, 0.25) is 5.91 Å². The van der Waals surface area contributed by atoms with E-state index in [0.717, 1.165) is 12.8 Å². The van der Waals surface area contributed by atoms with Crippen molar-refractivity contribution in [2.24, 2.45) is 0 Å². The molecule has 0 heterocycles. The first kappa shape index (κ1) is 21.7. The summed E-state index contributed by atoms with van der Waals surface area (Å²) >= 11 is 0. The van der Waals surface area contributed by atoms with Gasteiger partial charge in [-0.3, -0.25) is 14.4 Å². The van der Waals surface area contributed by atoms with Crippen molar-refractivity contribution < 1.29 is 23.9 Å². The summed E-state index contributed by atoms with van der Waals surface area (Å²) in [5.41, 5.74) is 1.27. The van der Waals surface area contributed by atoms with E-state index in [2.05, 4.69) is 26.1 Å². The van der Waals surface area contributed by atoms with Crippen molar-refractivity contribution in [2.75, 3.05) is 26.8 Å². The van der Waals surface area contributed by atoms with Crippen LogP contribution in [0.25, 0.3) is 0 Å². The molecule has 1 aromatic rings. The molecule has 1 aliphatic rings. The molecule has 0 unspecified atom stereocenters. The second-order valence-corrected chi connectivity index (χ2v) is 8.13. The quantitative estimate of drug-likeness (QED) is 0.652. The van der Waals surface area contributed by atoms with Gasteiger partial charge in [-0.2, -0.15) is 0 Å². The molecular weight excluding hydrogens is 360 g/mol. The number of carbonyl (C=O) groups excluding carboxylic acids is 3. The third-order valence-corrected chi connectivity index (χ3v) is 4.40. The van der Waals surface area contributed by atoms with Gasteiger partial charge in [0, 0.05) is 13.1 Å². The van der Waals surface area contributed by atoms with Gasteiger partial charge in [-0.05, 0) is 36.0 Å². The van der Waals surface area contributed by atoms with Crippen LogP contribution in [0.3, 0.4) is 0 Å². The number of nitrogens with one attached hydrogen (secondary N) is 1. The van der Waals surface area contributed by atoms with Crippen LogP contribution in [0.2, 0.25) is 0 Å². The summed E-state index contributed by atoms with van der Waals surface area (Å²) in [6, 6.07) is 8.00. The first-order chi connectivity index (χ1) is 13.1. The highest BCUT2D eigenvalue weighted by Crippen LogP contribution is 2.24. The zero-order chi connectivity index (χ0) is 20.7. The van der Waals surface area contributed by atoms with Crippen LogP contribution in [-0.2, 0) is 24.5 Å². The van der Waals surface area contributed by atoms with E-state index in [1.807, 2.05) is 24.3 Å². The standard InChI is InChI=1S/C21H30N2O5/c1-21(2,3)15-5-9-17(10-6-15)27-12-11-20(26)28-14-19(25)23(4)13-18(24)22-16-7-8-16/h5-6,9-10,16H,7-8,11-14H2,1-4H3,(H,22,24). The average molecular weight is 390 g/mol. The maximum absolute atomic E-state index is 11.9. The van der Waals surface area contributed by atoms with Gasteiger partial charge in [-0.1, -0.05) is 32.9 Å². The number of hydrogen-bond acceptors (Lipinski definition) is 5. The van der Waals surface area contributed by atoms with E-state index < -0.39 is 11.9 Å². The lowest BCUT2D eigenvalue weighted by Crippen LogP contribution is -2.40. The molecule has 1 aliphatic carbocycles. The van der Waals surface area contributed by atoms with Crippen LogP contribution >= 0.6 is 0 Å². The Morgan fingerprint density at radius 2 is 1.79 bits per heavy atom. The first-order valence-electron chi connectivity index (χ1n) is 9.57. The lowest BCUT2D eigenvalue weighted by atomic mass is 9.87. The summed E-state index contributed by atoms with van der Waals surface area (Å²) in [6.45, 7) is 6.15. The highest BCUT2D eigenvalue weighted by Gasteiger charge is 2.24. The minimum atomic E-state index is -0.518. The number of likely N-dealkylation sites (N-methyl/N-ethyl adjacent to an activating group) is 1. The molecule has 0 radical (unpaired) electrons. The molecule has 2 rings (SSSR count). The van der Waals surface area contributed by atoms with Crippen molar-refractivity contribution in [3.8, 4) is 5.75 Å². The molecule has 0 aromatic heterocycles. The van der Waals surface area contributed by atoms with Crippen LogP contribution in [0.15, 0.2) is 24.3 Å².